The van der Waals surface area contributed by atoms with Gasteiger partial charge in [0, 0.05) is 12.8 Å². The van der Waals surface area contributed by atoms with Crippen molar-refractivity contribution in [3.8, 4) is 0 Å². The number of allylic oxidation sites excluding steroid dienone is 14. The number of nitrogens with zero attached hydrogens (tertiary/aromatic N) is 1. The molecule has 0 aliphatic heterocycles. The summed E-state index contributed by atoms with van der Waals surface area (Å²) >= 11 is 0. The first kappa shape index (κ1) is 54.2. The quantitative estimate of drug-likeness (QED) is 0.0216. The number of esters is 2. The van der Waals surface area contributed by atoms with E-state index in [9.17, 15) is 19.0 Å². The standard InChI is InChI=1S/C47H80NO8P/c1-6-8-10-12-14-16-18-20-22-23-24-25-26-28-30-32-34-36-38-40-47(50)56-45(44-55-57(51,52)54-42-41-48(3,4)5)43-53-46(49)39-37-35-33-31-29-27-21-19-17-15-13-11-9-7-2/h8,10,14,16,19-22,24-25,28,30,34,36,45H,6-7,9,11-13,15,17-18,23,26-27,29,31-33,35,37-44H2,1-5H3/p+1/b10-8-,16-14-,21-19-,22-20-,25-24-,30-28-,36-34-. The predicted molar refractivity (Wildman–Crippen MR) is 238 cm³/mol. The Balaban J connectivity index is 4.53. The van der Waals surface area contributed by atoms with Crippen molar-refractivity contribution < 1.29 is 42.1 Å². The van der Waals surface area contributed by atoms with Gasteiger partial charge in [0.05, 0.1) is 27.7 Å². The lowest BCUT2D eigenvalue weighted by Crippen LogP contribution is -2.37. The van der Waals surface area contributed by atoms with Crippen molar-refractivity contribution in [1.82, 2.24) is 0 Å². The lowest BCUT2D eigenvalue weighted by Gasteiger charge is -2.24. The van der Waals surface area contributed by atoms with Gasteiger partial charge in [-0.05, 0) is 77.0 Å². The summed E-state index contributed by atoms with van der Waals surface area (Å²) in [5, 5.41) is 0. The van der Waals surface area contributed by atoms with Crippen molar-refractivity contribution in [3.63, 3.8) is 0 Å². The van der Waals surface area contributed by atoms with Gasteiger partial charge in [0.25, 0.3) is 0 Å². The normalized spacial score (nSPS) is 14.4. The van der Waals surface area contributed by atoms with Crippen molar-refractivity contribution >= 4 is 19.8 Å². The first-order valence-corrected chi connectivity index (χ1v) is 23.3. The predicted octanol–water partition coefficient (Wildman–Crippen LogP) is 12.4. The number of hydrogen-bond donors (Lipinski definition) is 1. The number of phosphoric ester groups is 1. The van der Waals surface area contributed by atoms with E-state index >= 15 is 0 Å². The van der Waals surface area contributed by atoms with Crippen LogP contribution in [-0.4, -0.2) is 74.9 Å². The average molecular weight is 819 g/mol. The number of rotatable bonds is 38. The Hall–Kier alpha value is -2.81. The molecule has 0 aliphatic carbocycles. The molecule has 10 heteroatoms. The van der Waals surface area contributed by atoms with Gasteiger partial charge >= 0.3 is 19.8 Å². The maximum absolute atomic E-state index is 12.7. The zero-order valence-electron chi connectivity index (χ0n) is 36.5. The number of phosphoric acid groups is 1. The third-order valence-corrected chi connectivity index (χ3v) is 9.66. The Morgan fingerprint density at radius 1 is 0.561 bits per heavy atom. The van der Waals surface area contributed by atoms with E-state index in [4.69, 9.17) is 18.5 Å². The molecule has 0 amide bonds. The fourth-order valence-corrected chi connectivity index (χ4v) is 6.01. The van der Waals surface area contributed by atoms with Crippen LogP contribution in [0.25, 0.3) is 0 Å². The van der Waals surface area contributed by atoms with Crippen LogP contribution in [0.4, 0.5) is 0 Å². The van der Waals surface area contributed by atoms with Crippen LogP contribution in [0.2, 0.25) is 0 Å². The van der Waals surface area contributed by atoms with Crippen LogP contribution in [0.3, 0.4) is 0 Å². The van der Waals surface area contributed by atoms with Crippen LogP contribution < -0.4 is 0 Å². The highest BCUT2D eigenvalue weighted by atomic mass is 31.2. The van der Waals surface area contributed by atoms with E-state index in [-0.39, 0.29) is 26.1 Å². The van der Waals surface area contributed by atoms with Gasteiger partial charge in [-0.25, -0.2) is 4.57 Å². The summed E-state index contributed by atoms with van der Waals surface area (Å²) in [6.45, 7) is 4.18. The van der Waals surface area contributed by atoms with Crippen LogP contribution in [0.5, 0.6) is 0 Å². The van der Waals surface area contributed by atoms with Gasteiger partial charge in [0.1, 0.15) is 19.8 Å². The lowest BCUT2D eigenvalue weighted by atomic mass is 10.1. The molecule has 0 aromatic rings. The van der Waals surface area contributed by atoms with Crippen molar-refractivity contribution in [1.29, 1.82) is 0 Å². The van der Waals surface area contributed by atoms with Gasteiger partial charge in [-0.15, -0.1) is 0 Å². The second-order valence-corrected chi connectivity index (χ2v) is 16.8. The molecule has 0 aromatic carbocycles. The smallest absolute Gasteiger partial charge is 0.462 e. The molecule has 2 unspecified atom stereocenters. The summed E-state index contributed by atoms with van der Waals surface area (Å²) < 4.78 is 34.2. The molecule has 57 heavy (non-hydrogen) atoms. The van der Waals surface area contributed by atoms with E-state index in [1.807, 2.05) is 33.3 Å². The highest BCUT2D eigenvalue weighted by molar-refractivity contribution is 7.47. The molecule has 0 aliphatic rings. The number of carbonyl (C=O) groups is 2. The molecule has 326 valence electrons. The largest absolute Gasteiger partial charge is 0.472 e. The second kappa shape index (κ2) is 38.7. The third-order valence-electron chi connectivity index (χ3n) is 8.67. The van der Waals surface area contributed by atoms with E-state index in [0.717, 1.165) is 70.6 Å². The van der Waals surface area contributed by atoms with Gasteiger partial charge < -0.3 is 18.9 Å². The van der Waals surface area contributed by atoms with Crippen molar-refractivity contribution in [2.45, 2.75) is 155 Å². The lowest BCUT2D eigenvalue weighted by molar-refractivity contribution is -0.870. The summed E-state index contributed by atoms with van der Waals surface area (Å²) in [6, 6.07) is 0. The molecule has 0 radical (unpaired) electrons. The number of unbranched alkanes of at least 4 members (excludes halogenated alkanes) is 10. The van der Waals surface area contributed by atoms with E-state index in [0.29, 0.717) is 23.9 Å². The Bertz CT molecular complexity index is 1240. The third kappa shape index (κ3) is 42.6. The molecule has 1 N–H and O–H groups in total. The van der Waals surface area contributed by atoms with Crippen LogP contribution in [0.15, 0.2) is 85.1 Å². The minimum Gasteiger partial charge on any atom is -0.462 e. The summed E-state index contributed by atoms with van der Waals surface area (Å²) in [6.07, 6.45) is 49.3. The van der Waals surface area contributed by atoms with Crippen molar-refractivity contribution in [3.05, 3.63) is 85.1 Å². The molecule has 0 heterocycles. The molecule has 0 saturated heterocycles. The highest BCUT2D eigenvalue weighted by Gasteiger charge is 2.27. The fraction of sp³-hybridized carbons (Fsp3) is 0.660. The fourth-order valence-electron chi connectivity index (χ4n) is 5.27. The Morgan fingerprint density at radius 2 is 1.04 bits per heavy atom. The summed E-state index contributed by atoms with van der Waals surface area (Å²) in [5.41, 5.74) is 0. The van der Waals surface area contributed by atoms with Gasteiger partial charge in [0.2, 0.25) is 0 Å². The first-order valence-electron chi connectivity index (χ1n) is 21.8. The van der Waals surface area contributed by atoms with Gasteiger partial charge in [-0.3, -0.25) is 18.6 Å². The molecular weight excluding hydrogens is 737 g/mol. The van der Waals surface area contributed by atoms with Crippen LogP contribution in [0.1, 0.15) is 149 Å². The monoisotopic (exact) mass is 819 g/mol. The number of hydrogen-bond acceptors (Lipinski definition) is 7. The number of likely N-dealkylation sites (N-methyl/N-ethyl adjacent to an activating group) is 1. The maximum Gasteiger partial charge on any atom is 0.472 e. The Morgan fingerprint density at radius 3 is 1.56 bits per heavy atom. The zero-order chi connectivity index (χ0) is 42.1. The van der Waals surface area contributed by atoms with E-state index < -0.39 is 32.5 Å². The van der Waals surface area contributed by atoms with E-state index in [1.165, 1.54) is 38.5 Å². The molecule has 0 rings (SSSR count). The molecule has 2 atom stereocenters. The first-order chi connectivity index (χ1) is 27.5. The second-order valence-electron chi connectivity index (χ2n) is 15.3. The summed E-state index contributed by atoms with van der Waals surface area (Å²) in [7, 11) is 1.41. The minimum absolute atomic E-state index is 0.0125. The number of ether oxygens (including phenoxy) is 2. The maximum atomic E-state index is 12.7. The van der Waals surface area contributed by atoms with Crippen LogP contribution in [0, 0.1) is 0 Å². The molecule has 0 fully saturated rings. The summed E-state index contributed by atoms with van der Waals surface area (Å²) in [5.74, 6) is -0.915. The van der Waals surface area contributed by atoms with Crippen LogP contribution >= 0.6 is 7.82 Å². The van der Waals surface area contributed by atoms with E-state index in [1.54, 1.807) is 0 Å². The van der Waals surface area contributed by atoms with Gasteiger partial charge in [-0.1, -0.05) is 144 Å². The SMILES string of the molecule is CC/C=C\C/C=C\C/C=C\C/C=C\C/C=C\C/C=C\CCC(=O)OC(COC(=O)CCCCCCC/C=C\CCCCCCC)COP(=O)(O)OCC[N+](C)(C)C. The summed E-state index contributed by atoms with van der Waals surface area (Å²) in [4.78, 5) is 35.3. The average Bonchev–Trinajstić information content (AvgIpc) is 3.16. The molecule has 9 nitrogen and oxygen atoms in total. The molecule has 0 saturated carbocycles. The number of carbonyl (C=O) groups excluding carboxylic acids is 2. The van der Waals surface area contributed by atoms with Gasteiger partial charge in [-0.2, -0.15) is 0 Å². The Labute approximate surface area is 348 Å². The highest BCUT2D eigenvalue weighted by Crippen LogP contribution is 2.43. The number of quaternary nitrogens is 1. The molecule has 0 spiro atoms. The zero-order valence-corrected chi connectivity index (χ0v) is 37.4. The molecule has 0 aromatic heterocycles. The van der Waals surface area contributed by atoms with Crippen LogP contribution in [-0.2, 0) is 32.7 Å². The molecular formula is C47H81NO8P+. The van der Waals surface area contributed by atoms with E-state index in [2.05, 4.69) is 86.8 Å². The Kier molecular flexibility index (Phi) is 36.8. The van der Waals surface area contributed by atoms with Gasteiger partial charge in [0.15, 0.2) is 6.10 Å². The van der Waals surface area contributed by atoms with Crippen molar-refractivity contribution in [2.75, 3.05) is 47.5 Å². The topological polar surface area (TPSA) is 108 Å². The minimum atomic E-state index is -4.40. The van der Waals surface area contributed by atoms with Crippen molar-refractivity contribution in [2.24, 2.45) is 0 Å². The molecule has 0 bridgehead atoms.